The van der Waals surface area contributed by atoms with Gasteiger partial charge in [-0.25, -0.2) is 0 Å². The van der Waals surface area contributed by atoms with E-state index in [1.807, 2.05) is 0 Å². The van der Waals surface area contributed by atoms with E-state index in [1.165, 1.54) is 12.1 Å². The summed E-state index contributed by atoms with van der Waals surface area (Å²) in [6.45, 7) is 0. The third-order valence-corrected chi connectivity index (χ3v) is 3.73. The molecule has 0 amide bonds. The van der Waals surface area contributed by atoms with Crippen LogP contribution in [0.15, 0.2) is 40.4 Å². The lowest BCUT2D eigenvalue weighted by Gasteiger charge is -2.09. The number of ketones is 2. The first kappa shape index (κ1) is 13.4. The maximum atomic E-state index is 11.7. The molecule has 1 aliphatic carbocycles. The van der Waals surface area contributed by atoms with E-state index in [4.69, 9.17) is 0 Å². The van der Waals surface area contributed by atoms with Gasteiger partial charge in [0.25, 0.3) is 0 Å². The molecule has 2 rings (SSSR count). The van der Waals surface area contributed by atoms with Gasteiger partial charge in [-0.15, -0.1) is 0 Å². The van der Waals surface area contributed by atoms with E-state index in [1.54, 1.807) is 18.2 Å². The number of nitrogens with zero attached hydrogens (tertiary/aromatic N) is 1. The molecule has 0 bridgehead atoms. The molecule has 0 unspecified atom stereocenters. The first-order valence-electron chi connectivity index (χ1n) is 5.64. The first-order chi connectivity index (χ1) is 9.00. The minimum absolute atomic E-state index is 0.0612. The molecule has 1 aromatic rings. The Balaban J connectivity index is 2.18. The number of Topliss-reactive ketones (excluding diaryl/α,β-unsaturated/α-hetero) is 2. The van der Waals surface area contributed by atoms with E-state index in [2.05, 4.69) is 9.44 Å². The summed E-state index contributed by atoms with van der Waals surface area (Å²) in [6.07, 6.45) is 0.885. The standard InChI is InChI=1S/C12H11NO5S/c14-11-8-4-7-10(12(11)15)13-18-19(16,17)9-5-2-1-3-6-9/h1-3,5-6H,4,7-8H2/b13-10-. The van der Waals surface area contributed by atoms with Crippen molar-refractivity contribution in [1.29, 1.82) is 0 Å². The van der Waals surface area contributed by atoms with Crippen molar-refractivity contribution >= 4 is 27.4 Å². The summed E-state index contributed by atoms with van der Waals surface area (Å²) in [4.78, 5) is 22.5. The Morgan fingerprint density at radius 3 is 2.42 bits per heavy atom. The lowest BCUT2D eigenvalue weighted by molar-refractivity contribution is -0.133. The van der Waals surface area contributed by atoms with Crippen LogP contribution in [0, 0.1) is 0 Å². The van der Waals surface area contributed by atoms with Gasteiger partial charge in [0.05, 0.1) is 0 Å². The average molecular weight is 281 g/mol. The Labute approximate surface area is 110 Å². The molecule has 0 heterocycles. The second-order valence-corrected chi connectivity index (χ2v) is 5.51. The van der Waals surface area contributed by atoms with Crippen LogP contribution >= 0.6 is 0 Å². The van der Waals surface area contributed by atoms with Gasteiger partial charge in [-0.2, -0.15) is 8.42 Å². The van der Waals surface area contributed by atoms with E-state index in [0.717, 1.165) is 0 Å². The maximum Gasteiger partial charge on any atom is 0.358 e. The van der Waals surface area contributed by atoms with Crippen LogP contribution in [0.3, 0.4) is 0 Å². The number of hydrogen-bond donors (Lipinski definition) is 0. The second kappa shape index (κ2) is 5.31. The van der Waals surface area contributed by atoms with Gasteiger partial charge in [0.1, 0.15) is 10.6 Å². The Kier molecular flexibility index (Phi) is 3.75. The number of hydrogen-bond acceptors (Lipinski definition) is 6. The van der Waals surface area contributed by atoms with Gasteiger partial charge in [0.2, 0.25) is 11.6 Å². The Hall–Kier alpha value is -2.02. The molecule has 0 spiro atoms. The van der Waals surface area contributed by atoms with E-state index in [0.29, 0.717) is 6.42 Å². The number of carbonyl (C=O) groups excluding carboxylic acids is 2. The minimum atomic E-state index is -4.05. The fraction of sp³-hybridized carbons (Fsp3) is 0.250. The second-order valence-electron chi connectivity index (χ2n) is 3.99. The third-order valence-electron chi connectivity index (χ3n) is 2.61. The molecule has 100 valence electrons. The quantitative estimate of drug-likeness (QED) is 0.610. The van der Waals surface area contributed by atoms with Crippen LogP contribution in [0.1, 0.15) is 19.3 Å². The van der Waals surface area contributed by atoms with Crippen LogP contribution in [0.5, 0.6) is 0 Å². The van der Waals surface area contributed by atoms with Crippen LogP contribution in [0.2, 0.25) is 0 Å². The van der Waals surface area contributed by atoms with Crippen molar-refractivity contribution in [2.75, 3.05) is 0 Å². The molecular weight excluding hydrogens is 270 g/mol. The predicted molar refractivity (Wildman–Crippen MR) is 66.0 cm³/mol. The molecule has 0 atom stereocenters. The zero-order chi connectivity index (χ0) is 13.9. The van der Waals surface area contributed by atoms with Crippen LogP contribution in [0.25, 0.3) is 0 Å². The number of carbonyl (C=O) groups is 2. The van der Waals surface area contributed by atoms with Crippen molar-refractivity contribution in [3.05, 3.63) is 30.3 Å². The van der Waals surface area contributed by atoms with Crippen molar-refractivity contribution in [3.8, 4) is 0 Å². The summed E-state index contributed by atoms with van der Waals surface area (Å²) in [5, 5.41) is 3.32. The molecule has 0 aromatic heterocycles. The highest BCUT2D eigenvalue weighted by Gasteiger charge is 2.27. The van der Waals surface area contributed by atoms with Crippen molar-refractivity contribution in [3.63, 3.8) is 0 Å². The lowest BCUT2D eigenvalue weighted by Crippen LogP contribution is -2.29. The van der Waals surface area contributed by atoms with Gasteiger partial charge in [-0.05, 0) is 25.0 Å². The van der Waals surface area contributed by atoms with E-state index in [9.17, 15) is 18.0 Å². The highest BCUT2D eigenvalue weighted by molar-refractivity contribution is 7.86. The lowest BCUT2D eigenvalue weighted by atomic mass is 9.96. The number of rotatable bonds is 3. The van der Waals surface area contributed by atoms with E-state index in [-0.39, 0.29) is 23.4 Å². The molecule has 0 N–H and O–H groups in total. The molecule has 0 saturated heterocycles. The summed E-state index contributed by atoms with van der Waals surface area (Å²) in [7, 11) is -4.05. The van der Waals surface area contributed by atoms with Crippen LogP contribution in [-0.2, 0) is 24.0 Å². The normalized spacial score (nSPS) is 18.6. The predicted octanol–water partition coefficient (Wildman–Crippen LogP) is 1.07. The summed E-state index contributed by atoms with van der Waals surface area (Å²) in [5.41, 5.74) is -0.143. The van der Waals surface area contributed by atoms with Crippen molar-refractivity contribution in [2.24, 2.45) is 5.16 Å². The monoisotopic (exact) mass is 281 g/mol. The zero-order valence-electron chi connectivity index (χ0n) is 9.90. The summed E-state index contributed by atoms with van der Waals surface area (Å²) >= 11 is 0. The van der Waals surface area contributed by atoms with Crippen LogP contribution in [-0.4, -0.2) is 25.7 Å². The van der Waals surface area contributed by atoms with E-state index < -0.39 is 21.7 Å². The molecule has 1 aromatic carbocycles. The van der Waals surface area contributed by atoms with Crippen molar-refractivity contribution < 1.29 is 22.3 Å². The Bertz CT molecular complexity index is 633. The van der Waals surface area contributed by atoms with Crippen LogP contribution in [0.4, 0.5) is 0 Å². The minimum Gasteiger partial charge on any atom is -0.290 e. The first-order valence-corrected chi connectivity index (χ1v) is 7.04. The summed E-state index contributed by atoms with van der Waals surface area (Å²) in [5.74, 6) is -1.33. The molecule has 7 heteroatoms. The third kappa shape index (κ3) is 3.05. The summed E-state index contributed by atoms with van der Waals surface area (Å²) < 4.78 is 27.9. The largest absolute Gasteiger partial charge is 0.358 e. The van der Waals surface area contributed by atoms with Gasteiger partial charge < -0.3 is 0 Å². The van der Waals surface area contributed by atoms with Gasteiger partial charge in [-0.1, -0.05) is 23.4 Å². The van der Waals surface area contributed by atoms with Crippen molar-refractivity contribution in [1.82, 2.24) is 0 Å². The summed E-state index contributed by atoms with van der Waals surface area (Å²) in [6, 6.07) is 7.44. The fourth-order valence-electron chi connectivity index (χ4n) is 1.62. The van der Waals surface area contributed by atoms with E-state index >= 15 is 0 Å². The van der Waals surface area contributed by atoms with Crippen molar-refractivity contribution in [2.45, 2.75) is 24.2 Å². The molecule has 19 heavy (non-hydrogen) atoms. The van der Waals surface area contributed by atoms with Gasteiger partial charge in [0, 0.05) is 6.42 Å². The molecule has 0 radical (unpaired) electrons. The van der Waals surface area contributed by atoms with Crippen LogP contribution < -0.4 is 0 Å². The van der Waals surface area contributed by atoms with Gasteiger partial charge >= 0.3 is 10.1 Å². The van der Waals surface area contributed by atoms with Gasteiger partial charge in [0.15, 0.2) is 0 Å². The highest BCUT2D eigenvalue weighted by atomic mass is 32.2. The molecule has 1 fully saturated rings. The molecule has 1 aliphatic rings. The number of benzene rings is 1. The highest BCUT2D eigenvalue weighted by Crippen LogP contribution is 2.14. The molecule has 1 saturated carbocycles. The smallest absolute Gasteiger partial charge is 0.290 e. The number of oxime groups is 1. The molecular formula is C12H11NO5S. The van der Waals surface area contributed by atoms with Gasteiger partial charge in [-0.3, -0.25) is 13.9 Å². The zero-order valence-corrected chi connectivity index (χ0v) is 10.7. The Morgan fingerprint density at radius 2 is 1.74 bits per heavy atom. The average Bonchev–Trinajstić information content (AvgIpc) is 2.41. The molecule has 0 aliphatic heterocycles. The SMILES string of the molecule is O=C1CCC/C(=N/OS(=O)(=O)c2ccccc2)C1=O. The topological polar surface area (TPSA) is 89.9 Å². The Morgan fingerprint density at radius 1 is 1.05 bits per heavy atom. The fourth-order valence-corrected chi connectivity index (χ4v) is 2.38. The molecule has 6 nitrogen and oxygen atoms in total. The maximum absolute atomic E-state index is 11.7.